The molecule has 1 aromatic rings. The molecule has 0 bridgehead atoms. The first-order valence-electron chi connectivity index (χ1n) is 5.56. The zero-order valence-electron chi connectivity index (χ0n) is 9.22. The Hall–Kier alpha value is -2.22. The molecule has 0 saturated heterocycles. The number of para-hydroxylation sites is 1. The van der Waals surface area contributed by atoms with Gasteiger partial charge in [0.1, 0.15) is 5.75 Å². The Morgan fingerprint density at radius 1 is 1.18 bits per heavy atom. The van der Waals surface area contributed by atoms with Crippen LogP contribution in [0.15, 0.2) is 59.9 Å². The molecule has 1 aliphatic heterocycles. The van der Waals surface area contributed by atoms with Crippen LogP contribution in [0.2, 0.25) is 0 Å². The van der Waals surface area contributed by atoms with Crippen LogP contribution in [-0.4, -0.2) is 5.78 Å². The second kappa shape index (κ2) is 3.98. The van der Waals surface area contributed by atoms with Gasteiger partial charge in [0.2, 0.25) is 0 Å². The molecule has 1 aromatic carbocycles. The molecule has 0 N–H and O–H groups in total. The first-order valence-corrected chi connectivity index (χ1v) is 5.56. The predicted octanol–water partition coefficient (Wildman–Crippen LogP) is 3.24. The van der Waals surface area contributed by atoms with E-state index >= 15 is 0 Å². The molecule has 1 heterocycles. The third-order valence-electron chi connectivity index (χ3n) is 2.84. The summed E-state index contributed by atoms with van der Waals surface area (Å²) in [6.45, 7) is 0. The SMILES string of the molecule is O=C1CC(=C2C=CC=C[CH-]2)Oc2ccccc21. The number of ether oxygens (including phenoxy) is 1. The lowest BCUT2D eigenvalue weighted by atomic mass is 9.98. The largest absolute Gasteiger partial charge is 0.504 e. The maximum Gasteiger partial charge on any atom is 0.165 e. The molecule has 17 heavy (non-hydrogen) atoms. The zero-order valence-corrected chi connectivity index (χ0v) is 9.22. The summed E-state index contributed by atoms with van der Waals surface area (Å²) in [6.07, 6.45) is 10.1. The van der Waals surface area contributed by atoms with E-state index in [0.717, 1.165) is 11.3 Å². The van der Waals surface area contributed by atoms with Crippen LogP contribution in [0.25, 0.3) is 0 Å². The van der Waals surface area contributed by atoms with Crippen molar-refractivity contribution in [1.29, 1.82) is 0 Å². The van der Waals surface area contributed by atoms with Crippen LogP contribution in [0.3, 0.4) is 0 Å². The van der Waals surface area contributed by atoms with E-state index in [1.54, 1.807) is 6.07 Å². The highest BCUT2D eigenvalue weighted by molar-refractivity contribution is 6.01. The number of hydrogen-bond donors (Lipinski definition) is 0. The summed E-state index contributed by atoms with van der Waals surface area (Å²) in [6, 6.07) is 7.36. The van der Waals surface area contributed by atoms with Crippen molar-refractivity contribution in [3.8, 4) is 5.75 Å². The van der Waals surface area contributed by atoms with Gasteiger partial charge in [-0.25, -0.2) is 0 Å². The maximum atomic E-state index is 12.0. The van der Waals surface area contributed by atoms with Gasteiger partial charge in [0.15, 0.2) is 5.78 Å². The van der Waals surface area contributed by atoms with E-state index in [1.165, 1.54) is 0 Å². The summed E-state index contributed by atoms with van der Waals surface area (Å²) in [5.74, 6) is 1.50. The van der Waals surface area contributed by atoms with Crippen LogP contribution in [0.1, 0.15) is 16.8 Å². The van der Waals surface area contributed by atoms with Crippen molar-refractivity contribution in [1.82, 2.24) is 0 Å². The summed E-state index contributed by atoms with van der Waals surface area (Å²) in [5, 5.41) is 0. The molecule has 0 spiro atoms. The van der Waals surface area contributed by atoms with Crippen molar-refractivity contribution in [3.63, 3.8) is 0 Å². The normalized spacial score (nSPS) is 21.8. The van der Waals surface area contributed by atoms with Gasteiger partial charge in [-0.3, -0.25) is 4.79 Å². The van der Waals surface area contributed by atoms with Crippen LogP contribution in [0.4, 0.5) is 0 Å². The molecule has 0 radical (unpaired) electrons. The Bertz CT molecular complexity index is 562. The van der Waals surface area contributed by atoms with Gasteiger partial charge in [-0.15, -0.1) is 36.3 Å². The quantitative estimate of drug-likeness (QED) is 0.631. The minimum Gasteiger partial charge on any atom is -0.504 e. The number of carbonyl (C=O) groups is 1. The monoisotopic (exact) mass is 223 g/mol. The third-order valence-corrected chi connectivity index (χ3v) is 2.84. The lowest BCUT2D eigenvalue weighted by Crippen LogP contribution is -2.15. The molecule has 0 saturated carbocycles. The van der Waals surface area contributed by atoms with Crippen LogP contribution in [0.5, 0.6) is 5.75 Å². The molecule has 1 aliphatic carbocycles. The van der Waals surface area contributed by atoms with Crippen molar-refractivity contribution in [2.75, 3.05) is 0 Å². The summed E-state index contributed by atoms with van der Waals surface area (Å²) in [7, 11) is 0. The van der Waals surface area contributed by atoms with Crippen molar-refractivity contribution >= 4 is 5.78 Å². The number of allylic oxidation sites excluding steroid dienone is 6. The molecule has 2 aliphatic rings. The predicted molar refractivity (Wildman–Crippen MR) is 65.6 cm³/mol. The fourth-order valence-corrected chi connectivity index (χ4v) is 1.98. The van der Waals surface area contributed by atoms with Crippen LogP contribution >= 0.6 is 0 Å². The number of benzene rings is 1. The zero-order chi connectivity index (χ0) is 11.7. The average molecular weight is 223 g/mol. The maximum absolute atomic E-state index is 12.0. The number of fused-ring (bicyclic) bond motifs is 1. The van der Waals surface area contributed by atoms with Crippen LogP contribution < -0.4 is 4.74 Å². The molecule has 0 aromatic heterocycles. The first-order chi connectivity index (χ1) is 8.34. The molecule has 2 nitrogen and oxygen atoms in total. The number of rotatable bonds is 0. The highest BCUT2D eigenvalue weighted by Gasteiger charge is 2.20. The topological polar surface area (TPSA) is 26.3 Å². The summed E-state index contributed by atoms with van der Waals surface area (Å²) in [5.41, 5.74) is 1.64. The Morgan fingerprint density at radius 2 is 2.06 bits per heavy atom. The molecule has 0 unspecified atom stereocenters. The van der Waals surface area contributed by atoms with Gasteiger partial charge in [0.05, 0.1) is 5.56 Å². The number of carbonyl (C=O) groups excluding carboxylic acids is 1. The minimum absolute atomic E-state index is 0.116. The van der Waals surface area contributed by atoms with E-state index in [9.17, 15) is 4.79 Å². The fraction of sp³-hybridized carbons (Fsp3) is 0.0667. The molecule has 0 fully saturated rings. The smallest absolute Gasteiger partial charge is 0.165 e. The standard InChI is InChI=1S/C15H11O2/c16-13-10-15(11-6-2-1-3-7-11)17-14-9-5-4-8-12(13)14/h1-9H,10H2/q-1. The lowest BCUT2D eigenvalue weighted by molar-refractivity contribution is 0.0963. The Balaban J connectivity index is 2.02. The van der Waals surface area contributed by atoms with Gasteiger partial charge in [0, 0.05) is 12.2 Å². The highest BCUT2D eigenvalue weighted by Crippen LogP contribution is 2.31. The van der Waals surface area contributed by atoms with E-state index in [4.69, 9.17) is 4.74 Å². The number of hydrogen-bond acceptors (Lipinski definition) is 2. The van der Waals surface area contributed by atoms with Gasteiger partial charge in [-0.05, 0) is 12.1 Å². The van der Waals surface area contributed by atoms with Crippen LogP contribution in [0, 0.1) is 6.42 Å². The van der Waals surface area contributed by atoms with Gasteiger partial charge in [-0.1, -0.05) is 12.1 Å². The van der Waals surface area contributed by atoms with Crippen LogP contribution in [-0.2, 0) is 0 Å². The molecular weight excluding hydrogens is 212 g/mol. The van der Waals surface area contributed by atoms with E-state index < -0.39 is 0 Å². The Morgan fingerprint density at radius 3 is 2.88 bits per heavy atom. The summed E-state index contributed by atoms with van der Waals surface area (Å²) >= 11 is 0. The second-order valence-electron chi connectivity index (χ2n) is 3.99. The second-order valence-corrected chi connectivity index (χ2v) is 3.99. The Labute approximate surface area is 99.9 Å². The Kier molecular flexibility index (Phi) is 2.33. The number of Topliss-reactive ketones (excluding diaryl/α,β-unsaturated/α-hetero) is 1. The van der Waals surface area contributed by atoms with E-state index in [-0.39, 0.29) is 5.78 Å². The van der Waals surface area contributed by atoms with Gasteiger partial charge in [0.25, 0.3) is 0 Å². The first kappa shape index (κ1) is 9.97. The van der Waals surface area contributed by atoms with Crippen molar-refractivity contribution in [3.05, 3.63) is 71.9 Å². The minimum atomic E-state index is 0.116. The molecule has 3 rings (SSSR count). The summed E-state index contributed by atoms with van der Waals surface area (Å²) < 4.78 is 5.78. The molecular formula is C15H11O2-. The van der Waals surface area contributed by atoms with Crippen molar-refractivity contribution in [2.45, 2.75) is 6.42 Å². The summed E-state index contributed by atoms with van der Waals surface area (Å²) in [4.78, 5) is 12.0. The third kappa shape index (κ3) is 1.78. The van der Waals surface area contributed by atoms with Crippen molar-refractivity contribution in [2.24, 2.45) is 0 Å². The molecule has 2 heteroatoms. The molecule has 0 amide bonds. The molecule has 84 valence electrons. The van der Waals surface area contributed by atoms with Gasteiger partial charge >= 0.3 is 0 Å². The number of ketones is 1. The fourth-order valence-electron chi connectivity index (χ4n) is 1.98. The van der Waals surface area contributed by atoms with Crippen molar-refractivity contribution < 1.29 is 9.53 Å². The van der Waals surface area contributed by atoms with E-state index in [0.29, 0.717) is 17.7 Å². The van der Waals surface area contributed by atoms with E-state index in [2.05, 4.69) is 0 Å². The van der Waals surface area contributed by atoms with Gasteiger partial charge < -0.3 is 4.74 Å². The van der Waals surface area contributed by atoms with E-state index in [1.807, 2.05) is 48.9 Å². The molecule has 0 atom stereocenters. The lowest BCUT2D eigenvalue weighted by Gasteiger charge is -2.25. The van der Waals surface area contributed by atoms with Gasteiger partial charge in [-0.2, -0.15) is 0 Å². The highest BCUT2D eigenvalue weighted by atomic mass is 16.5. The average Bonchev–Trinajstić information content (AvgIpc) is 2.40.